The minimum Gasteiger partial charge on any atom is -0.489 e. The number of halogens is 1. The van der Waals surface area contributed by atoms with Gasteiger partial charge in [0.05, 0.1) is 10.6 Å². The quantitative estimate of drug-likeness (QED) is 0.687. The van der Waals surface area contributed by atoms with Crippen LogP contribution in [0, 0.1) is 29.1 Å². The molecule has 1 fully saturated rings. The molecule has 1 aliphatic carbocycles. The van der Waals surface area contributed by atoms with Gasteiger partial charge < -0.3 is 9.64 Å². The number of fused-ring (bicyclic) bond motifs is 1. The SMILES string of the molecule is Cc1ccc2c(c1)C(=O)N([C@H]1C(C)(C)[C@H](Oc3ccc(C#N)c(Cl)c3)C1(C)C)C2. The van der Waals surface area contributed by atoms with Crippen molar-refractivity contribution in [2.24, 2.45) is 10.8 Å². The molecule has 0 atom stereocenters. The number of nitrogens with zero attached hydrogens (tertiary/aromatic N) is 2. The number of benzene rings is 2. The average Bonchev–Trinajstić information content (AvgIpc) is 2.95. The Hall–Kier alpha value is -2.51. The number of hydrogen-bond donors (Lipinski definition) is 0. The third-order valence-electron chi connectivity index (χ3n) is 6.48. The van der Waals surface area contributed by atoms with E-state index in [0.29, 0.717) is 22.9 Å². The summed E-state index contributed by atoms with van der Waals surface area (Å²) in [5, 5.41) is 9.46. The van der Waals surface area contributed by atoms with Gasteiger partial charge in [0, 0.05) is 35.0 Å². The molecule has 0 unspecified atom stereocenters. The number of carbonyl (C=O) groups is 1. The molecule has 0 radical (unpaired) electrons. The van der Waals surface area contributed by atoms with E-state index in [2.05, 4.69) is 45.9 Å². The first-order valence-corrected chi connectivity index (χ1v) is 10.2. The van der Waals surface area contributed by atoms with Crippen LogP contribution in [-0.2, 0) is 6.54 Å². The third kappa shape index (κ3) is 2.91. The minimum atomic E-state index is -0.239. The molecule has 5 heteroatoms. The Balaban J connectivity index is 1.60. The molecule has 0 saturated heterocycles. The van der Waals surface area contributed by atoms with Gasteiger partial charge in [0.15, 0.2) is 0 Å². The van der Waals surface area contributed by atoms with Gasteiger partial charge in [0.25, 0.3) is 5.91 Å². The first kappa shape index (κ1) is 19.8. The molecule has 2 aliphatic rings. The van der Waals surface area contributed by atoms with Crippen LogP contribution < -0.4 is 4.74 Å². The molecule has 4 rings (SSSR count). The van der Waals surface area contributed by atoms with E-state index in [0.717, 1.165) is 16.7 Å². The Bertz CT molecular complexity index is 1040. The monoisotopic (exact) mass is 408 g/mol. The molecule has 0 bridgehead atoms. The van der Waals surface area contributed by atoms with E-state index < -0.39 is 0 Å². The van der Waals surface area contributed by atoms with Gasteiger partial charge >= 0.3 is 0 Å². The molecule has 1 saturated carbocycles. The zero-order valence-electron chi connectivity index (χ0n) is 17.4. The summed E-state index contributed by atoms with van der Waals surface area (Å²) in [6.45, 7) is 11.3. The van der Waals surface area contributed by atoms with Gasteiger partial charge in [-0.05, 0) is 30.7 Å². The van der Waals surface area contributed by atoms with Crippen molar-refractivity contribution >= 4 is 17.5 Å². The molecule has 4 nitrogen and oxygen atoms in total. The van der Waals surface area contributed by atoms with Crippen molar-refractivity contribution < 1.29 is 9.53 Å². The second-order valence-corrected chi connectivity index (χ2v) is 9.80. The third-order valence-corrected chi connectivity index (χ3v) is 6.80. The van der Waals surface area contributed by atoms with Crippen LogP contribution in [0.4, 0.5) is 0 Å². The second kappa shape index (κ2) is 6.50. The van der Waals surface area contributed by atoms with Crippen LogP contribution in [0.1, 0.15) is 54.7 Å². The van der Waals surface area contributed by atoms with Gasteiger partial charge in [-0.15, -0.1) is 0 Å². The molecule has 0 aromatic heterocycles. The summed E-state index contributed by atoms with van der Waals surface area (Å²) < 4.78 is 6.35. The van der Waals surface area contributed by atoms with Gasteiger partial charge in [-0.3, -0.25) is 4.79 Å². The maximum Gasteiger partial charge on any atom is 0.254 e. The smallest absolute Gasteiger partial charge is 0.254 e. The molecule has 1 aliphatic heterocycles. The highest BCUT2D eigenvalue weighted by Gasteiger charge is 2.66. The van der Waals surface area contributed by atoms with Crippen LogP contribution in [0.15, 0.2) is 36.4 Å². The Labute approximate surface area is 177 Å². The Morgan fingerprint density at radius 2 is 1.83 bits per heavy atom. The van der Waals surface area contributed by atoms with Crippen molar-refractivity contribution in [1.29, 1.82) is 5.26 Å². The maximum absolute atomic E-state index is 13.2. The molecule has 29 heavy (non-hydrogen) atoms. The topological polar surface area (TPSA) is 53.3 Å². The standard InChI is InChI=1S/C24H25ClN2O2/c1-14-6-7-16-13-27(20(28)18(16)10-14)21-23(2,3)22(24(21,4)5)29-17-9-8-15(12-26)19(25)11-17/h6-11,21-22H,13H2,1-5H3/t21-,22-. The normalized spacial score (nSPS) is 23.9. The highest BCUT2D eigenvalue weighted by molar-refractivity contribution is 6.31. The van der Waals surface area contributed by atoms with Crippen LogP contribution in [0.5, 0.6) is 5.75 Å². The molecule has 1 heterocycles. The lowest BCUT2D eigenvalue weighted by Gasteiger charge is -2.65. The van der Waals surface area contributed by atoms with Gasteiger partial charge in [-0.1, -0.05) is 57.0 Å². The van der Waals surface area contributed by atoms with Crippen molar-refractivity contribution in [2.75, 3.05) is 0 Å². The fourth-order valence-corrected chi connectivity index (χ4v) is 5.87. The van der Waals surface area contributed by atoms with Gasteiger partial charge in [-0.25, -0.2) is 0 Å². The fourth-order valence-electron chi connectivity index (χ4n) is 5.66. The van der Waals surface area contributed by atoms with E-state index in [-0.39, 0.29) is 28.9 Å². The van der Waals surface area contributed by atoms with Crippen molar-refractivity contribution in [3.8, 4) is 11.8 Å². The Morgan fingerprint density at radius 1 is 1.14 bits per heavy atom. The molecule has 2 aromatic carbocycles. The van der Waals surface area contributed by atoms with Crippen LogP contribution in [-0.4, -0.2) is 23.0 Å². The van der Waals surface area contributed by atoms with Gasteiger partial charge in [0.2, 0.25) is 0 Å². The highest BCUT2D eigenvalue weighted by Crippen LogP contribution is 2.59. The Kier molecular flexibility index (Phi) is 4.44. The predicted octanol–water partition coefficient (Wildman–Crippen LogP) is 5.36. The number of aryl methyl sites for hydroxylation is 1. The lowest BCUT2D eigenvalue weighted by Crippen LogP contribution is -2.74. The largest absolute Gasteiger partial charge is 0.489 e. The first-order chi connectivity index (χ1) is 13.6. The summed E-state index contributed by atoms with van der Waals surface area (Å²) in [5.74, 6) is 0.750. The lowest BCUT2D eigenvalue weighted by molar-refractivity contribution is -0.199. The summed E-state index contributed by atoms with van der Waals surface area (Å²) in [5.41, 5.74) is 2.97. The van der Waals surface area contributed by atoms with Crippen molar-refractivity contribution in [2.45, 2.75) is 53.3 Å². The number of nitriles is 1. The lowest BCUT2D eigenvalue weighted by atomic mass is 9.49. The predicted molar refractivity (Wildman–Crippen MR) is 113 cm³/mol. The number of amides is 1. The zero-order chi connectivity index (χ0) is 21.1. The van der Waals surface area contributed by atoms with Crippen molar-refractivity contribution in [1.82, 2.24) is 4.90 Å². The highest BCUT2D eigenvalue weighted by atomic mass is 35.5. The minimum absolute atomic E-state index is 0.0501. The number of hydrogen-bond acceptors (Lipinski definition) is 3. The second-order valence-electron chi connectivity index (χ2n) is 9.39. The molecule has 0 spiro atoms. The molecule has 2 aromatic rings. The van der Waals surface area contributed by atoms with Crippen LogP contribution in [0.2, 0.25) is 5.02 Å². The fraction of sp³-hybridized carbons (Fsp3) is 0.417. The van der Waals surface area contributed by atoms with Gasteiger partial charge in [0.1, 0.15) is 17.9 Å². The molecule has 0 N–H and O–H groups in total. The zero-order valence-corrected chi connectivity index (χ0v) is 18.2. The number of ether oxygens (including phenoxy) is 1. The van der Waals surface area contributed by atoms with E-state index in [1.54, 1.807) is 18.2 Å². The van der Waals surface area contributed by atoms with E-state index in [1.165, 1.54) is 0 Å². The first-order valence-electron chi connectivity index (χ1n) is 9.84. The van der Waals surface area contributed by atoms with Crippen LogP contribution in [0.3, 0.4) is 0 Å². The summed E-state index contributed by atoms with van der Waals surface area (Å²) in [4.78, 5) is 15.2. The summed E-state index contributed by atoms with van der Waals surface area (Å²) in [6.07, 6.45) is -0.0951. The van der Waals surface area contributed by atoms with Crippen molar-refractivity contribution in [3.05, 3.63) is 63.7 Å². The summed E-state index contributed by atoms with van der Waals surface area (Å²) in [6, 6.07) is 13.4. The van der Waals surface area contributed by atoms with E-state index in [4.69, 9.17) is 21.6 Å². The Morgan fingerprint density at radius 3 is 2.45 bits per heavy atom. The van der Waals surface area contributed by atoms with Gasteiger partial charge in [-0.2, -0.15) is 5.26 Å². The molecule has 1 amide bonds. The summed E-state index contributed by atoms with van der Waals surface area (Å²) >= 11 is 6.18. The number of carbonyl (C=O) groups excluding carboxylic acids is 1. The van der Waals surface area contributed by atoms with Crippen LogP contribution >= 0.6 is 11.6 Å². The molecule has 150 valence electrons. The van der Waals surface area contributed by atoms with Crippen molar-refractivity contribution in [3.63, 3.8) is 0 Å². The molecular formula is C24H25ClN2O2. The van der Waals surface area contributed by atoms with E-state index >= 15 is 0 Å². The van der Waals surface area contributed by atoms with E-state index in [1.807, 2.05) is 17.9 Å². The average molecular weight is 409 g/mol. The maximum atomic E-state index is 13.2. The van der Waals surface area contributed by atoms with Crippen LogP contribution in [0.25, 0.3) is 0 Å². The summed E-state index contributed by atoms with van der Waals surface area (Å²) in [7, 11) is 0. The van der Waals surface area contributed by atoms with E-state index in [9.17, 15) is 4.79 Å². The number of rotatable bonds is 3. The molecular weight excluding hydrogens is 384 g/mol.